The summed E-state index contributed by atoms with van der Waals surface area (Å²) in [6.45, 7) is 6.08. The van der Waals surface area contributed by atoms with E-state index >= 15 is 0 Å². The smallest absolute Gasteiger partial charge is 0.310 e. The Hall–Kier alpha value is -0.570. The van der Waals surface area contributed by atoms with Crippen molar-refractivity contribution in [2.75, 3.05) is 0 Å². The van der Waals surface area contributed by atoms with Crippen molar-refractivity contribution >= 4 is 5.97 Å². The summed E-state index contributed by atoms with van der Waals surface area (Å²) in [6.07, 6.45) is 9.50. The second-order valence-electron chi connectivity index (χ2n) is 10.1. The van der Waals surface area contributed by atoms with Crippen molar-refractivity contribution < 1.29 is 14.3 Å². The van der Waals surface area contributed by atoms with Crippen LogP contribution in [0.4, 0.5) is 0 Å². The quantitative estimate of drug-likeness (QED) is 0.512. The van der Waals surface area contributed by atoms with Gasteiger partial charge in [-0.2, -0.15) is 0 Å². The molecule has 0 amide bonds. The second-order valence-corrected chi connectivity index (χ2v) is 10.1. The van der Waals surface area contributed by atoms with Crippen molar-refractivity contribution in [3.63, 3.8) is 0 Å². The Morgan fingerprint density at radius 2 is 1.44 bits per heavy atom. The zero-order valence-electron chi connectivity index (χ0n) is 16.1. The van der Waals surface area contributed by atoms with Crippen molar-refractivity contribution in [3.8, 4) is 0 Å². The fourth-order valence-electron chi connectivity index (χ4n) is 7.87. The maximum atomic E-state index is 12.2. The third-order valence-corrected chi connectivity index (χ3v) is 8.92. The average Bonchev–Trinajstić information content (AvgIpc) is 2.63. The van der Waals surface area contributed by atoms with Crippen LogP contribution in [0.3, 0.4) is 0 Å². The molecule has 0 N–H and O–H groups in total. The van der Waals surface area contributed by atoms with Crippen LogP contribution in [-0.2, 0) is 14.3 Å². The molecule has 3 heteroatoms. The third kappa shape index (κ3) is 2.37. The van der Waals surface area contributed by atoms with Gasteiger partial charge >= 0.3 is 5.97 Å². The summed E-state index contributed by atoms with van der Waals surface area (Å²) in [5.74, 6) is 6.66. The fourth-order valence-corrected chi connectivity index (χ4v) is 7.87. The van der Waals surface area contributed by atoms with Gasteiger partial charge in [0.05, 0.1) is 11.5 Å². The average molecular weight is 347 g/mol. The van der Waals surface area contributed by atoms with Gasteiger partial charge in [0, 0.05) is 6.42 Å². The molecular weight excluding hydrogens is 312 g/mol. The first kappa shape index (κ1) is 16.6. The summed E-state index contributed by atoms with van der Waals surface area (Å²) < 4.78 is 12.4. The molecule has 0 spiro atoms. The molecule has 7 fully saturated rings. The number of carbonyl (C=O) groups excluding carboxylic acids is 1. The molecule has 7 rings (SSSR count). The minimum absolute atomic E-state index is 0.0179. The third-order valence-electron chi connectivity index (χ3n) is 8.92. The molecule has 0 heterocycles. The molecule has 0 saturated heterocycles. The highest BCUT2D eigenvalue weighted by Crippen LogP contribution is 2.72. The summed E-state index contributed by atoms with van der Waals surface area (Å²) >= 11 is 0. The molecule has 0 aromatic heterocycles. The largest absolute Gasteiger partial charge is 0.436 e. The maximum Gasteiger partial charge on any atom is 0.310 e. The zero-order valence-corrected chi connectivity index (χ0v) is 16.1. The van der Waals surface area contributed by atoms with E-state index in [4.69, 9.17) is 9.47 Å². The van der Waals surface area contributed by atoms with E-state index < -0.39 is 0 Å². The van der Waals surface area contributed by atoms with Crippen LogP contribution in [0.5, 0.6) is 0 Å². The van der Waals surface area contributed by atoms with E-state index in [1.165, 1.54) is 38.5 Å². The van der Waals surface area contributed by atoms with Crippen LogP contribution in [-0.4, -0.2) is 17.9 Å². The number of rotatable bonds is 6. The van der Waals surface area contributed by atoms with Crippen molar-refractivity contribution in [3.05, 3.63) is 0 Å². The lowest BCUT2D eigenvalue weighted by Gasteiger charge is -2.72. The van der Waals surface area contributed by atoms with Gasteiger partial charge in [0.2, 0.25) is 6.29 Å². The van der Waals surface area contributed by atoms with E-state index in [-0.39, 0.29) is 23.8 Å². The highest BCUT2D eigenvalue weighted by Gasteiger charge is 2.68. The SMILES string of the molecule is CCC(OC(=O)C(C)CC)OC12CC3C4CC5CC3C(C1)C(C5)C4C2. The molecule has 7 saturated carbocycles. The lowest BCUT2D eigenvalue weighted by atomic mass is 9.35. The maximum absolute atomic E-state index is 12.2. The minimum atomic E-state index is -0.341. The van der Waals surface area contributed by atoms with Crippen molar-refractivity contribution in [1.29, 1.82) is 0 Å². The highest BCUT2D eigenvalue weighted by molar-refractivity contribution is 5.71. The number of ether oxygens (including phenoxy) is 2. The predicted octanol–water partition coefficient (Wildman–Crippen LogP) is 4.79. The molecule has 7 aliphatic carbocycles. The molecule has 25 heavy (non-hydrogen) atoms. The van der Waals surface area contributed by atoms with Crippen molar-refractivity contribution in [2.24, 2.45) is 47.3 Å². The Labute approximate surface area is 152 Å². The summed E-state index contributed by atoms with van der Waals surface area (Å²) in [5.41, 5.74) is 0.0179. The van der Waals surface area contributed by atoms with Gasteiger partial charge in [0.15, 0.2) is 0 Å². The van der Waals surface area contributed by atoms with Crippen LogP contribution in [0.1, 0.15) is 72.1 Å². The predicted molar refractivity (Wildman–Crippen MR) is 95.6 cm³/mol. The van der Waals surface area contributed by atoms with Gasteiger partial charge in [-0.3, -0.25) is 4.79 Å². The molecule has 0 radical (unpaired) electrons. The van der Waals surface area contributed by atoms with Crippen LogP contribution in [0, 0.1) is 47.3 Å². The number of esters is 1. The van der Waals surface area contributed by atoms with Gasteiger partial charge in [-0.15, -0.1) is 0 Å². The number of hydrogen-bond donors (Lipinski definition) is 0. The first-order valence-electron chi connectivity index (χ1n) is 10.9. The van der Waals surface area contributed by atoms with Crippen LogP contribution in [0.15, 0.2) is 0 Å². The standard InChI is InChI=1S/C22H34O3/c1-4-12(3)21(23)24-20(5-2)25-22-9-17-14-6-13-7-15(17)19(11-22)16(8-13)18(14)10-22/h12-20H,4-11H2,1-3H3. The van der Waals surface area contributed by atoms with Crippen LogP contribution < -0.4 is 0 Å². The van der Waals surface area contributed by atoms with Crippen LogP contribution in [0.2, 0.25) is 0 Å². The minimum Gasteiger partial charge on any atom is -0.436 e. The molecule has 3 nitrogen and oxygen atoms in total. The van der Waals surface area contributed by atoms with E-state index in [1.807, 2.05) is 13.8 Å². The van der Waals surface area contributed by atoms with Gasteiger partial charge in [-0.25, -0.2) is 0 Å². The Morgan fingerprint density at radius 1 is 0.920 bits per heavy atom. The van der Waals surface area contributed by atoms with Gasteiger partial charge in [0.25, 0.3) is 0 Å². The van der Waals surface area contributed by atoms with E-state index in [1.54, 1.807) is 0 Å². The van der Waals surface area contributed by atoms with Crippen molar-refractivity contribution in [1.82, 2.24) is 0 Å². The number of hydrogen-bond acceptors (Lipinski definition) is 3. The van der Waals surface area contributed by atoms with Gasteiger partial charge in [0.1, 0.15) is 0 Å². The van der Waals surface area contributed by atoms with Gasteiger partial charge in [-0.1, -0.05) is 20.8 Å². The normalized spacial score (nSPS) is 50.9. The molecule has 2 unspecified atom stereocenters. The fraction of sp³-hybridized carbons (Fsp3) is 0.955. The van der Waals surface area contributed by atoms with Gasteiger partial charge in [-0.05, 0) is 86.4 Å². The number of carbonyl (C=O) groups is 1. The summed E-state index contributed by atoms with van der Waals surface area (Å²) in [4.78, 5) is 12.2. The molecule has 0 aromatic rings. The molecule has 140 valence electrons. The zero-order chi connectivity index (χ0) is 17.3. The summed E-state index contributed by atoms with van der Waals surface area (Å²) in [6, 6.07) is 0. The Bertz CT molecular complexity index is 495. The Balaban J connectivity index is 1.33. The Kier molecular flexibility index (Phi) is 3.79. The molecule has 0 aliphatic heterocycles. The molecule has 2 atom stereocenters. The second kappa shape index (κ2) is 5.71. The monoisotopic (exact) mass is 346 g/mol. The van der Waals surface area contributed by atoms with Crippen molar-refractivity contribution in [2.45, 2.75) is 84.0 Å². The molecule has 0 aromatic carbocycles. The Morgan fingerprint density at radius 3 is 1.88 bits per heavy atom. The van der Waals surface area contributed by atoms with E-state index in [0.717, 1.165) is 54.3 Å². The summed E-state index contributed by atoms with van der Waals surface area (Å²) in [7, 11) is 0. The first-order chi connectivity index (χ1) is 12.0. The van der Waals surface area contributed by atoms with Gasteiger partial charge < -0.3 is 9.47 Å². The van der Waals surface area contributed by atoms with Crippen LogP contribution in [0.25, 0.3) is 0 Å². The summed E-state index contributed by atoms with van der Waals surface area (Å²) in [5, 5.41) is 0. The van der Waals surface area contributed by atoms with E-state index in [0.29, 0.717) is 0 Å². The van der Waals surface area contributed by atoms with E-state index in [9.17, 15) is 4.79 Å². The lowest BCUT2D eigenvalue weighted by molar-refractivity contribution is -0.304. The van der Waals surface area contributed by atoms with E-state index in [2.05, 4.69) is 6.92 Å². The highest BCUT2D eigenvalue weighted by atomic mass is 16.7. The molecule has 7 aliphatic rings. The van der Waals surface area contributed by atoms with Crippen LogP contribution >= 0.6 is 0 Å². The molecular formula is C22H34O3. The first-order valence-corrected chi connectivity index (χ1v) is 10.9. The topological polar surface area (TPSA) is 35.5 Å². The molecule has 8 bridgehead atoms. The lowest BCUT2D eigenvalue weighted by Crippen LogP contribution is -2.68.